The van der Waals surface area contributed by atoms with Crippen molar-refractivity contribution < 1.29 is 4.74 Å². The summed E-state index contributed by atoms with van der Waals surface area (Å²) >= 11 is 4.28. The quantitative estimate of drug-likeness (QED) is 0.328. The Morgan fingerprint density at radius 3 is 3.00 bits per heavy atom. The third-order valence-corrected chi connectivity index (χ3v) is 0.573. The van der Waals surface area contributed by atoms with E-state index in [1.54, 1.807) is 0 Å². The molecule has 0 aromatic carbocycles. The monoisotopic (exact) mass is 129 g/mol. The summed E-state index contributed by atoms with van der Waals surface area (Å²) in [7, 11) is 0. The van der Waals surface area contributed by atoms with Crippen molar-refractivity contribution in [1.29, 1.82) is 0 Å². The lowest BCUT2D eigenvalue weighted by atomic mass is 10.8. The average molecular weight is 129 g/mol. The molecule has 0 aliphatic heterocycles. The fourth-order valence-electron chi connectivity index (χ4n) is 0.250. The number of thiocarbonyl (C=S) groups is 1. The molecule has 0 spiro atoms. The van der Waals surface area contributed by atoms with Gasteiger partial charge in [0.25, 0.3) is 0 Å². The lowest BCUT2D eigenvalue weighted by molar-refractivity contribution is 0.229. The minimum atomic E-state index is 0.322. The molecule has 0 aromatic heterocycles. The Hall–Kier alpha value is -0.660. The van der Waals surface area contributed by atoms with Gasteiger partial charge in [0.15, 0.2) is 0 Å². The van der Waals surface area contributed by atoms with Gasteiger partial charge in [-0.05, 0) is 25.7 Å². The number of hydrogen-bond acceptors (Lipinski definition) is 3. The number of aliphatic imine (C=N–C) groups is 1. The molecule has 0 unspecified atom stereocenters. The first kappa shape index (κ1) is 7.34. The first-order valence-corrected chi connectivity index (χ1v) is 2.61. The summed E-state index contributed by atoms with van der Waals surface area (Å²) in [5.41, 5.74) is 0. The maximum atomic E-state index is 4.79. The molecule has 0 amide bonds. The number of isothiocyanates is 1. The second-order valence-corrected chi connectivity index (χ2v) is 1.21. The molecule has 0 fully saturated rings. The highest BCUT2D eigenvalue weighted by atomic mass is 32.1. The van der Waals surface area contributed by atoms with E-state index in [4.69, 9.17) is 4.74 Å². The Morgan fingerprint density at radius 1 is 2.00 bits per heavy atom. The maximum absolute atomic E-state index is 4.79. The lowest BCUT2D eigenvalue weighted by Crippen LogP contribution is -1.84. The minimum Gasteiger partial charge on any atom is -0.478 e. The Kier molecular flexibility index (Phi) is 4.13. The summed E-state index contributed by atoms with van der Waals surface area (Å²) in [6.45, 7) is 5.84. The highest BCUT2D eigenvalue weighted by molar-refractivity contribution is 7.78. The summed E-state index contributed by atoms with van der Waals surface area (Å²) in [6, 6.07) is 0. The fourth-order valence-corrected chi connectivity index (χ4v) is 0.352. The van der Waals surface area contributed by atoms with Crippen molar-refractivity contribution in [3.63, 3.8) is 0 Å². The van der Waals surface area contributed by atoms with Crippen molar-refractivity contribution >= 4 is 17.4 Å². The molecular weight excluding hydrogens is 122 g/mol. The SMILES string of the molecule is C=C(N=C=S)OCC. The molecule has 0 radical (unpaired) electrons. The minimum absolute atomic E-state index is 0.322. The van der Waals surface area contributed by atoms with E-state index in [2.05, 4.69) is 29.0 Å². The van der Waals surface area contributed by atoms with Crippen LogP contribution in [0.4, 0.5) is 0 Å². The third-order valence-electron chi connectivity index (χ3n) is 0.481. The zero-order valence-corrected chi connectivity index (χ0v) is 5.49. The number of nitrogens with zero attached hydrogens (tertiary/aromatic N) is 1. The van der Waals surface area contributed by atoms with Crippen molar-refractivity contribution in [2.75, 3.05) is 6.61 Å². The van der Waals surface area contributed by atoms with Crippen LogP contribution in [0.3, 0.4) is 0 Å². The Morgan fingerprint density at radius 2 is 2.62 bits per heavy atom. The average Bonchev–Trinajstić information content (AvgIpc) is 1.68. The van der Waals surface area contributed by atoms with Crippen molar-refractivity contribution in [2.24, 2.45) is 4.99 Å². The predicted octanol–water partition coefficient (Wildman–Crippen LogP) is 1.60. The maximum Gasteiger partial charge on any atom is 0.215 e. The molecule has 8 heavy (non-hydrogen) atoms. The largest absolute Gasteiger partial charge is 0.478 e. The second-order valence-electron chi connectivity index (χ2n) is 1.03. The topological polar surface area (TPSA) is 21.6 Å². The normalized spacial score (nSPS) is 7.12. The summed E-state index contributed by atoms with van der Waals surface area (Å²) in [5.74, 6) is 0.322. The van der Waals surface area contributed by atoms with Gasteiger partial charge in [-0.1, -0.05) is 0 Å². The van der Waals surface area contributed by atoms with Crippen molar-refractivity contribution in [3.8, 4) is 0 Å². The van der Waals surface area contributed by atoms with E-state index in [0.29, 0.717) is 12.5 Å². The zero-order chi connectivity index (χ0) is 6.41. The number of rotatable bonds is 3. The van der Waals surface area contributed by atoms with Crippen LogP contribution in [-0.4, -0.2) is 11.8 Å². The van der Waals surface area contributed by atoms with Crippen LogP contribution in [0, 0.1) is 0 Å². The first-order chi connectivity index (χ1) is 3.81. The summed E-state index contributed by atoms with van der Waals surface area (Å²) in [6.07, 6.45) is 0. The van der Waals surface area contributed by atoms with Gasteiger partial charge in [-0.15, -0.1) is 0 Å². The van der Waals surface area contributed by atoms with Crippen molar-refractivity contribution in [2.45, 2.75) is 6.92 Å². The van der Waals surface area contributed by atoms with Gasteiger partial charge in [0.05, 0.1) is 11.8 Å². The van der Waals surface area contributed by atoms with E-state index in [1.807, 2.05) is 6.92 Å². The van der Waals surface area contributed by atoms with Crippen molar-refractivity contribution in [1.82, 2.24) is 0 Å². The molecule has 0 N–H and O–H groups in total. The highest BCUT2D eigenvalue weighted by Crippen LogP contribution is 1.90. The van der Waals surface area contributed by atoms with Gasteiger partial charge in [0.1, 0.15) is 0 Å². The molecule has 2 nitrogen and oxygen atoms in total. The second kappa shape index (κ2) is 4.50. The predicted molar refractivity (Wildman–Crippen MR) is 35.8 cm³/mol. The molecule has 0 aliphatic rings. The van der Waals surface area contributed by atoms with Gasteiger partial charge >= 0.3 is 0 Å². The molecule has 0 atom stereocenters. The standard InChI is InChI=1S/C5H7NOS/c1-3-7-5(2)6-4-8/h2-3H2,1H3. The smallest absolute Gasteiger partial charge is 0.215 e. The van der Waals surface area contributed by atoms with Crippen LogP contribution < -0.4 is 0 Å². The Labute approximate surface area is 53.9 Å². The molecular formula is C5H7NOS. The Bertz CT molecular complexity index is 126. The highest BCUT2D eigenvalue weighted by Gasteiger charge is 1.81. The fraction of sp³-hybridized carbons (Fsp3) is 0.400. The molecule has 44 valence electrons. The summed E-state index contributed by atoms with van der Waals surface area (Å²) in [4.78, 5) is 3.46. The molecule has 0 rings (SSSR count). The molecule has 0 saturated heterocycles. The van der Waals surface area contributed by atoms with Crippen LogP contribution in [0.5, 0.6) is 0 Å². The van der Waals surface area contributed by atoms with E-state index in [1.165, 1.54) is 0 Å². The first-order valence-electron chi connectivity index (χ1n) is 2.20. The number of ether oxygens (including phenoxy) is 1. The molecule has 3 heteroatoms. The van der Waals surface area contributed by atoms with Gasteiger partial charge in [-0.25, -0.2) is 0 Å². The molecule has 0 aliphatic carbocycles. The van der Waals surface area contributed by atoms with Gasteiger partial charge in [-0.2, -0.15) is 4.99 Å². The van der Waals surface area contributed by atoms with Gasteiger partial charge < -0.3 is 4.74 Å². The lowest BCUT2D eigenvalue weighted by Gasteiger charge is -1.95. The van der Waals surface area contributed by atoms with Crippen LogP contribution in [0.25, 0.3) is 0 Å². The van der Waals surface area contributed by atoms with Crippen LogP contribution in [0.15, 0.2) is 17.5 Å². The van der Waals surface area contributed by atoms with Gasteiger partial charge in [0, 0.05) is 0 Å². The summed E-state index contributed by atoms with van der Waals surface area (Å²) < 4.78 is 4.79. The third kappa shape index (κ3) is 3.53. The zero-order valence-electron chi connectivity index (χ0n) is 4.68. The molecule has 0 heterocycles. The van der Waals surface area contributed by atoms with Crippen LogP contribution >= 0.6 is 12.2 Å². The van der Waals surface area contributed by atoms with Crippen LogP contribution in [0.1, 0.15) is 6.92 Å². The molecule has 0 bridgehead atoms. The van der Waals surface area contributed by atoms with E-state index in [9.17, 15) is 0 Å². The number of hydrogen-bond donors (Lipinski definition) is 0. The molecule has 0 saturated carbocycles. The summed E-state index contributed by atoms with van der Waals surface area (Å²) in [5, 5.41) is 2.14. The van der Waals surface area contributed by atoms with Gasteiger partial charge in [0.2, 0.25) is 5.88 Å². The van der Waals surface area contributed by atoms with E-state index in [-0.39, 0.29) is 0 Å². The van der Waals surface area contributed by atoms with E-state index in [0.717, 1.165) is 0 Å². The molecule has 0 aromatic rings. The van der Waals surface area contributed by atoms with Crippen LogP contribution in [-0.2, 0) is 4.74 Å². The van der Waals surface area contributed by atoms with Crippen LogP contribution in [0.2, 0.25) is 0 Å². The van der Waals surface area contributed by atoms with Crippen molar-refractivity contribution in [3.05, 3.63) is 12.5 Å². The van der Waals surface area contributed by atoms with E-state index < -0.39 is 0 Å². The van der Waals surface area contributed by atoms with E-state index >= 15 is 0 Å². The Balaban J connectivity index is 3.49. The van der Waals surface area contributed by atoms with Gasteiger partial charge in [-0.3, -0.25) is 0 Å².